The zero-order valence-electron chi connectivity index (χ0n) is 15.9. The Morgan fingerprint density at radius 2 is 1.67 bits per heavy atom. The molecule has 1 amide bonds. The molecule has 0 bridgehead atoms. The van der Waals surface area contributed by atoms with Crippen LogP contribution in [0.2, 0.25) is 5.02 Å². The number of hydrogen-bond donors (Lipinski definition) is 1. The molecular weight excluding hydrogens is 370 g/mol. The fourth-order valence-corrected chi connectivity index (χ4v) is 2.59. The van der Waals surface area contributed by atoms with Crippen molar-refractivity contribution in [2.45, 2.75) is 20.3 Å². The largest absolute Gasteiger partial charge is 0.493 e. The number of benzene rings is 2. The van der Waals surface area contributed by atoms with Crippen LogP contribution >= 0.6 is 11.6 Å². The zero-order chi connectivity index (χ0) is 19.8. The van der Waals surface area contributed by atoms with Crippen molar-refractivity contribution in [3.63, 3.8) is 0 Å². The molecule has 1 N–H and O–H groups in total. The molecule has 0 saturated carbocycles. The molecule has 0 unspecified atom stereocenters. The molecule has 0 heterocycles. The molecule has 0 aliphatic heterocycles. The van der Waals surface area contributed by atoms with Crippen molar-refractivity contribution in [3.05, 3.63) is 40.9 Å². The van der Waals surface area contributed by atoms with E-state index in [4.69, 9.17) is 30.5 Å². The van der Waals surface area contributed by atoms with Crippen molar-refractivity contribution in [2.24, 2.45) is 0 Å². The predicted molar refractivity (Wildman–Crippen MR) is 106 cm³/mol. The minimum atomic E-state index is -0.327. The van der Waals surface area contributed by atoms with Gasteiger partial charge in [0.1, 0.15) is 0 Å². The molecule has 6 nitrogen and oxygen atoms in total. The maximum absolute atomic E-state index is 12.7. The van der Waals surface area contributed by atoms with Gasteiger partial charge in [0.25, 0.3) is 5.91 Å². The van der Waals surface area contributed by atoms with Crippen molar-refractivity contribution < 1.29 is 23.7 Å². The van der Waals surface area contributed by atoms with Crippen molar-refractivity contribution in [3.8, 4) is 23.0 Å². The molecule has 0 fully saturated rings. The van der Waals surface area contributed by atoms with Gasteiger partial charge in [-0.05, 0) is 31.5 Å². The summed E-state index contributed by atoms with van der Waals surface area (Å²) in [5.41, 5.74) is 0.844. The molecule has 2 aromatic rings. The highest BCUT2D eigenvalue weighted by Crippen LogP contribution is 2.36. The number of halogens is 1. The van der Waals surface area contributed by atoms with Crippen LogP contribution in [-0.4, -0.2) is 33.3 Å². The van der Waals surface area contributed by atoms with Crippen LogP contribution in [0.3, 0.4) is 0 Å². The predicted octanol–water partition coefficient (Wildman–Crippen LogP) is 4.80. The third-order valence-corrected chi connectivity index (χ3v) is 4.00. The van der Waals surface area contributed by atoms with Crippen LogP contribution in [0.5, 0.6) is 23.0 Å². The molecule has 0 aliphatic rings. The van der Waals surface area contributed by atoms with Gasteiger partial charge in [0, 0.05) is 17.7 Å². The Kier molecular flexibility index (Phi) is 7.61. The smallest absolute Gasteiger partial charge is 0.255 e. The number of rotatable bonds is 9. The third-order valence-electron chi connectivity index (χ3n) is 3.69. The summed E-state index contributed by atoms with van der Waals surface area (Å²) in [6.45, 7) is 4.94. The lowest BCUT2D eigenvalue weighted by Crippen LogP contribution is -2.13. The van der Waals surface area contributed by atoms with E-state index in [-0.39, 0.29) is 5.91 Å². The normalized spacial score (nSPS) is 10.3. The monoisotopic (exact) mass is 393 g/mol. The number of methoxy groups -OCH3 is 2. The molecular formula is C20H24ClNO5. The summed E-state index contributed by atoms with van der Waals surface area (Å²) in [5.74, 6) is 1.76. The van der Waals surface area contributed by atoms with Crippen LogP contribution in [0.1, 0.15) is 30.6 Å². The quantitative estimate of drug-likeness (QED) is 0.663. The molecule has 7 heteroatoms. The minimum Gasteiger partial charge on any atom is -0.493 e. The maximum Gasteiger partial charge on any atom is 0.255 e. The second kappa shape index (κ2) is 9.92. The van der Waals surface area contributed by atoms with Gasteiger partial charge in [-0.25, -0.2) is 0 Å². The Bertz CT molecular complexity index is 794. The van der Waals surface area contributed by atoms with Crippen molar-refractivity contribution in [1.29, 1.82) is 0 Å². The highest BCUT2D eigenvalue weighted by Gasteiger charge is 2.15. The van der Waals surface area contributed by atoms with E-state index in [9.17, 15) is 4.79 Å². The average molecular weight is 394 g/mol. The van der Waals surface area contributed by atoms with E-state index in [1.165, 1.54) is 14.2 Å². The molecule has 146 valence electrons. The van der Waals surface area contributed by atoms with Crippen molar-refractivity contribution >= 4 is 23.2 Å². The Hall–Kier alpha value is -2.60. The number of anilines is 1. The SMILES string of the molecule is CCCOc1ccc(C(=O)Nc2cc(OC)c(OC)cc2Cl)cc1OCC. The van der Waals surface area contributed by atoms with E-state index < -0.39 is 0 Å². The van der Waals surface area contributed by atoms with Gasteiger partial charge in [0.05, 0.1) is 38.1 Å². The number of amides is 1. The molecule has 0 aromatic heterocycles. The summed E-state index contributed by atoms with van der Waals surface area (Å²) < 4.78 is 21.7. The van der Waals surface area contributed by atoms with Gasteiger partial charge in [0.15, 0.2) is 23.0 Å². The van der Waals surface area contributed by atoms with Gasteiger partial charge in [-0.15, -0.1) is 0 Å². The van der Waals surface area contributed by atoms with E-state index in [1.807, 2.05) is 13.8 Å². The van der Waals surface area contributed by atoms with Gasteiger partial charge < -0.3 is 24.3 Å². The fraction of sp³-hybridized carbons (Fsp3) is 0.350. The minimum absolute atomic E-state index is 0.327. The van der Waals surface area contributed by atoms with E-state index >= 15 is 0 Å². The Labute approximate surface area is 164 Å². The molecule has 2 rings (SSSR count). The first-order chi connectivity index (χ1) is 13.0. The summed E-state index contributed by atoms with van der Waals surface area (Å²) in [4.78, 5) is 12.7. The van der Waals surface area contributed by atoms with E-state index in [2.05, 4.69) is 5.32 Å². The van der Waals surface area contributed by atoms with Crippen LogP contribution in [0.15, 0.2) is 30.3 Å². The average Bonchev–Trinajstić information content (AvgIpc) is 2.68. The Morgan fingerprint density at radius 1 is 0.963 bits per heavy atom. The topological polar surface area (TPSA) is 66.0 Å². The third kappa shape index (κ3) is 5.20. The van der Waals surface area contributed by atoms with Crippen LogP contribution in [0.4, 0.5) is 5.69 Å². The standard InChI is InChI=1S/C20H24ClNO5/c1-5-9-27-16-8-7-13(10-19(16)26-6-2)20(23)22-15-12-18(25-4)17(24-3)11-14(15)21/h7-8,10-12H,5-6,9H2,1-4H3,(H,22,23). The van der Waals surface area contributed by atoms with Crippen LogP contribution in [0, 0.1) is 0 Å². The number of carbonyl (C=O) groups is 1. The summed E-state index contributed by atoms with van der Waals surface area (Å²) in [5, 5.41) is 3.12. The highest BCUT2D eigenvalue weighted by molar-refractivity contribution is 6.34. The molecule has 0 aliphatic carbocycles. The summed E-state index contributed by atoms with van der Waals surface area (Å²) in [7, 11) is 3.03. The molecule has 0 spiro atoms. The maximum atomic E-state index is 12.7. The van der Waals surface area contributed by atoms with Gasteiger partial charge in [-0.3, -0.25) is 4.79 Å². The molecule has 27 heavy (non-hydrogen) atoms. The Balaban J connectivity index is 2.26. The van der Waals surface area contributed by atoms with Crippen molar-refractivity contribution in [1.82, 2.24) is 0 Å². The molecule has 0 saturated heterocycles. The molecule has 2 aromatic carbocycles. The van der Waals surface area contributed by atoms with E-state index in [0.717, 1.165) is 6.42 Å². The highest BCUT2D eigenvalue weighted by atomic mass is 35.5. The van der Waals surface area contributed by atoms with Gasteiger partial charge in [-0.2, -0.15) is 0 Å². The van der Waals surface area contributed by atoms with E-state index in [0.29, 0.717) is 52.5 Å². The second-order valence-corrected chi connectivity index (χ2v) is 5.99. The first-order valence-electron chi connectivity index (χ1n) is 8.66. The Morgan fingerprint density at radius 3 is 2.30 bits per heavy atom. The lowest BCUT2D eigenvalue weighted by atomic mass is 10.1. The summed E-state index contributed by atoms with van der Waals surface area (Å²) >= 11 is 6.24. The van der Waals surface area contributed by atoms with Crippen LogP contribution in [0.25, 0.3) is 0 Å². The lowest BCUT2D eigenvalue weighted by molar-refractivity contribution is 0.102. The van der Waals surface area contributed by atoms with Gasteiger partial charge >= 0.3 is 0 Å². The molecule has 0 radical (unpaired) electrons. The van der Waals surface area contributed by atoms with Gasteiger partial charge in [0.2, 0.25) is 0 Å². The summed E-state index contributed by atoms with van der Waals surface area (Å²) in [6.07, 6.45) is 0.881. The first-order valence-corrected chi connectivity index (χ1v) is 9.04. The number of ether oxygens (including phenoxy) is 4. The van der Waals surface area contributed by atoms with Crippen LogP contribution in [-0.2, 0) is 0 Å². The number of carbonyl (C=O) groups excluding carboxylic acids is 1. The molecule has 0 atom stereocenters. The van der Waals surface area contributed by atoms with Crippen molar-refractivity contribution in [2.75, 3.05) is 32.8 Å². The lowest BCUT2D eigenvalue weighted by Gasteiger charge is -2.14. The summed E-state index contributed by atoms with van der Waals surface area (Å²) in [6, 6.07) is 8.26. The number of hydrogen-bond acceptors (Lipinski definition) is 5. The van der Waals surface area contributed by atoms with E-state index in [1.54, 1.807) is 30.3 Å². The van der Waals surface area contributed by atoms with Gasteiger partial charge in [-0.1, -0.05) is 18.5 Å². The number of nitrogens with one attached hydrogen (secondary N) is 1. The second-order valence-electron chi connectivity index (χ2n) is 5.58. The zero-order valence-corrected chi connectivity index (χ0v) is 16.7. The fourth-order valence-electron chi connectivity index (χ4n) is 2.39. The van der Waals surface area contributed by atoms with Crippen LogP contribution < -0.4 is 24.3 Å². The first kappa shape index (κ1) is 20.7.